The third-order valence-corrected chi connectivity index (χ3v) is 2.79. The van der Waals surface area contributed by atoms with E-state index in [0.717, 1.165) is 0 Å². The number of carboxylic acid groups (broad SMARTS) is 1. The molecule has 0 spiro atoms. The van der Waals surface area contributed by atoms with Crippen molar-refractivity contribution in [1.82, 2.24) is 0 Å². The van der Waals surface area contributed by atoms with Crippen LogP contribution in [0.3, 0.4) is 0 Å². The zero-order chi connectivity index (χ0) is 14.6. The summed E-state index contributed by atoms with van der Waals surface area (Å²) in [4.78, 5) is 22.4. The molecular weight excluding hydrogens is 268 g/mol. The Balaban J connectivity index is 2.65. The molecule has 1 aromatic carbocycles. The number of carbonyl (C=O) groups is 2. The maximum absolute atomic E-state index is 11.7. The number of carboxylic acids is 1. The predicted molar refractivity (Wildman–Crippen MR) is 74.5 cm³/mol. The Hall–Kier alpha value is -1.59. The smallest absolute Gasteiger partial charge is 0.337 e. The van der Waals surface area contributed by atoms with Gasteiger partial charge in [-0.25, -0.2) is 4.79 Å². The Morgan fingerprint density at radius 3 is 2.53 bits per heavy atom. The lowest BCUT2D eigenvalue weighted by Crippen LogP contribution is -2.33. The second-order valence-corrected chi connectivity index (χ2v) is 5.44. The molecule has 0 heterocycles. The quantitative estimate of drug-likeness (QED) is 0.774. The fourth-order valence-electron chi connectivity index (χ4n) is 1.43. The first-order chi connectivity index (χ1) is 8.69. The van der Waals surface area contributed by atoms with Crippen molar-refractivity contribution >= 4 is 29.2 Å². The molecule has 0 aliphatic carbocycles. The molecule has 0 unspecified atom stereocenters. The van der Waals surface area contributed by atoms with Crippen molar-refractivity contribution in [1.29, 1.82) is 0 Å². The van der Waals surface area contributed by atoms with E-state index in [4.69, 9.17) is 22.4 Å². The van der Waals surface area contributed by atoms with Crippen molar-refractivity contribution in [3.8, 4) is 0 Å². The summed E-state index contributed by atoms with van der Waals surface area (Å²) in [7, 11) is 0. The Bertz CT molecular complexity index is 495. The highest BCUT2D eigenvalue weighted by molar-refractivity contribution is 6.33. The number of nitrogens with two attached hydrogens (primary N) is 1. The molecule has 0 aliphatic rings. The van der Waals surface area contributed by atoms with Crippen LogP contribution in [0.15, 0.2) is 18.2 Å². The van der Waals surface area contributed by atoms with Gasteiger partial charge in [0.25, 0.3) is 0 Å². The van der Waals surface area contributed by atoms with Gasteiger partial charge in [0.05, 0.1) is 10.6 Å². The molecule has 0 aliphatic heterocycles. The summed E-state index contributed by atoms with van der Waals surface area (Å²) in [5.74, 6) is -1.29. The van der Waals surface area contributed by atoms with Gasteiger partial charge in [-0.15, -0.1) is 0 Å². The summed E-state index contributed by atoms with van der Waals surface area (Å²) < 4.78 is 0. The molecule has 0 bridgehead atoms. The van der Waals surface area contributed by atoms with Crippen LogP contribution < -0.4 is 11.1 Å². The number of halogens is 1. The van der Waals surface area contributed by atoms with E-state index in [9.17, 15) is 9.59 Å². The van der Waals surface area contributed by atoms with E-state index >= 15 is 0 Å². The van der Waals surface area contributed by atoms with Crippen molar-refractivity contribution in [2.45, 2.75) is 32.2 Å². The number of aromatic carboxylic acids is 1. The van der Waals surface area contributed by atoms with Gasteiger partial charge in [0.2, 0.25) is 5.91 Å². The lowest BCUT2D eigenvalue weighted by Gasteiger charge is -2.17. The molecule has 0 radical (unpaired) electrons. The molecule has 1 rings (SSSR count). The van der Waals surface area contributed by atoms with Crippen molar-refractivity contribution < 1.29 is 14.7 Å². The van der Waals surface area contributed by atoms with Crippen LogP contribution in [0.25, 0.3) is 0 Å². The first-order valence-corrected chi connectivity index (χ1v) is 6.18. The van der Waals surface area contributed by atoms with Gasteiger partial charge in [-0.2, -0.15) is 0 Å². The molecule has 1 amide bonds. The van der Waals surface area contributed by atoms with Crippen LogP contribution in [0.4, 0.5) is 5.69 Å². The highest BCUT2D eigenvalue weighted by atomic mass is 35.5. The summed E-state index contributed by atoms with van der Waals surface area (Å²) in [6.07, 6.45) is 0.849. The first kappa shape index (κ1) is 15.5. The molecule has 6 heteroatoms. The third-order valence-electron chi connectivity index (χ3n) is 2.48. The summed E-state index contributed by atoms with van der Waals surface area (Å²) >= 11 is 5.81. The van der Waals surface area contributed by atoms with E-state index in [2.05, 4.69) is 5.32 Å². The van der Waals surface area contributed by atoms with E-state index in [0.29, 0.717) is 18.5 Å². The molecule has 0 fully saturated rings. The number of amides is 1. The van der Waals surface area contributed by atoms with Gasteiger partial charge in [-0.1, -0.05) is 11.6 Å². The number of rotatable bonds is 5. The van der Waals surface area contributed by atoms with Gasteiger partial charge in [0.15, 0.2) is 0 Å². The molecule has 4 N–H and O–H groups in total. The van der Waals surface area contributed by atoms with Crippen LogP contribution in [0.1, 0.15) is 37.0 Å². The fourth-order valence-corrected chi connectivity index (χ4v) is 1.69. The second kappa shape index (κ2) is 6.04. The maximum Gasteiger partial charge on any atom is 0.337 e. The molecule has 0 aromatic heterocycles. The van der Waals surface area contributed by atoms with Gasteiger partial charge in [0, 0.05) is 17.6 Å². The molecule has 19 heavy (non-hydrogen) atoms. The second-order valence-electron chi connectivity index (χ2n) is 5.04. The minimum absolute atomic E-state index is 0.00255. The monoisotopic (exact) mass is 284 g/mol. The summed E-state index contributed by atoms with van der Waals surface area (Å²) in [6.45, 7) is 3.69. The van der Waals surface area contributed by atoms with Gasteiger partial charge < -0.3 is 16.2 Å². The van der Waals surface area contributed by atoms with Gasteiger partial charge in [-0.3, -0.25) is 4.79 Å². The van der Waals surface area contributed by atoms with Crippen molar-refractivity contribution in [2.24, 2.45) is 5.73 Å². The standard InChI is InChI=1S/C13H17ClN2O3/c1-13(2,15)6-5-11(17)16-8-3-4-9(12(18)19)10(14)7-8/h3-4,7H,5-6,15H2,1-2H3,(H,16,17)(H,18,19). The minimum atomic E-state index is -1.10. The molecule has 0 saturated carbocycles. The van der Waals surface area contributed by atoms with E-state index in [1.807, 2.05) is 13.8 Å². The Morgan fingerprint density at radius 1 is 1.42 bits per heavy atom. The fraction of sp³-hybridized carbons (Fsp3) is 0.385. The van der Waals surface area contributed by atoms with Gasteiger partial charge in [-0.05, 0) is 38.5 Å². The topological polar surface area (TPSA) is 92.4 Å². The van der Waals surface area contributed by atoms with Crippen molar-refractivity contribution in [2.75, 3.05) is 5.32 Å². The molecule has 0 atom stereocenters. The molecule has 104 valence electrons. The number of hydrogen-bond acceptors (Lipinski definition) is 3. The average molecular weight is 285 g/mol. The zero-order valence-electron chi connectivity index (χ0n) is 10.9. The molecular formula is C13H17ClN2O3. The third kappa shape index (κ3) is 5.28. The lowest BCUT2D eigenvalue weighted by molar-refractivity contribution is -0.116. The van der Waals surface area contributed by atoms with E-state index in [1.54, 1.807) is 0 Å². The van der Waals surface area contributed by atoms with Crippen LogP contribution in [0.2, 0.25) is 5.02 Å². The summed E-state index contributed by atoms with van der Waals surface area (Å²) in [6, 6.07) is 4.27. The zero-order valence-corrected chi connectivity index (χ0v) is 11.6. The van der Waals surface area contributed by atoms with Gasteiger partial charge in [0.1, 0.15) is 0 Å². The summed E-state index contributed by atoms with van der Waals surface area (Å²) in [5, 5.41) is 11.6. The first-order valence-electron chi connectivity index (χ1n) is 5.80. The average Bonchev–Trinajstić information content (AvgIpc) is 2.25. The number of anilines is 1. The molecule has 1 aromatic rings. The van der Waals surface area contributed by atoms with Crippen LogP contribution in [-0.4, -0.2) is 22.5 Å². The van der Waals surface area contributed by atoms with E-state index in [-0.39, 0.29) is 16.5 Å². The number of hydrogen-bond donors (Lipinski definition) is 3. The Labute approximate surface area is 116 Å². The summed E-state index contributed by atoms with van der Waals surface area (Å²) in [5.41, 5.74) is 5.86. The largest absolute Gasteiger partial charge is 0.478 e. The SMILES string of the molecule is CC(C)(N)CCC(=O)Nc1ccc(C(=O)O)c(Cl)c1. The van der Waals surface area contributed by atoms with Crippen LogP contribution in [-0.2, 0) is 4.79 Å². The maximum atomic E-state index is 11.7. The predicted octanol–water partition coefficient (Wildman–Crippen LogP) is 2.49. The normalized spacial score (nSPS) is 11.2. The molecule has 0 saturated heterocycles. The number of nitrogens with one attached hydrogen (secondary N) is 1. The van der Waals surface area contributed by atoms with Crippen molar-refractivity contribution in [3.05, 3.63) is 28.8 Å². The van der Waals surface area contributed by atoms with Crippen LogP contribution in [0, 0.1) is 0 Å². The van der Waals surface area contributed by atoms with E-state index < -0.39 is 11.5 Å². The number of carbonyl (C=O) groups excluding carboxylic acids is 1. The minimum Gasteiger partial charge on any atom is -0.478 e. The van der Waals surface area contributed by atoms with Crippen LogP contribution in [0.5, 0.6) is 0 Å². The number of benzene rings is 1. The highest BCUT2D eigenvalue weighted by Crippen LogP contribution is 2.21. The van der Waals surface area contributed by atoms with Gasteiger partial charge >= 0.3 is 5.97 Å². The highest BCUT2D eigenvalue weighted by Gasteiger charge is 2.14. The Kier molecular flexibility index (Phi) is 4.91. The van der Waals surface area contributed by atoms with E-state index in [1.165, 1.54) is 18.2 Å². The Morgan fingerprint density at radius 2 is 2.05 bits per heavy atom. The lowest BCUT2D eigenvalue weighted by atomic mass is 10.00. The van der Waals surface area contributed by atoms with Crippen LogP contribution >= 0.6 is 11.6 Å². The molecule has 5 nitrogen and oxygen atoms in total. The van der Waals surface area contributed by atoms with Crippen molar-refractivity contribution in [3.63, 3.8) is 0 Å².